The molecule has 1 N–H and O–H groups in total. The largest absolute Gasteiger partial charge is 0.380 e. The van der Waals surface area contributed by atoms with Gasteiger partial charge in [-0.1, -0.05) is 6.92 Å². The molecule has 4 heteroatoms. The lowest BCUT2D eigenvalue weighted by Gasteiger charge is -2.18. The highest BCUT2D eigenvalue weighted by Crippen LogP contribution is 2.11. The Hall–Kier alpha value is -0.870. The van der Waals surface area contributed by atoms with Crippen LogP contribution >= 0.6 is 0 Å². The molecule has 0 aliphatic rings. The molecule has 0 radical (unpaired) electrons. The van der Waals surface area contributed by atoms with Crippen molar-refractivity contribution >= 4 is 0 Å². The first kappa shape index (κ1) is 12.2. The monoisotopic (exact) mass is 211 g/mol. The van der Waals surface area contributed by atoms with Crippen LogP contribution in [-0.4, -0.2) is 29.3 Å². The van der Waals surface area contributed by atoms with Crippen molar-refractivity contribution in [3.05, 3.63) is 18.2 Å². The van der Waals surface area contributed by atoms with E-state index in [1.165, 1.54) is 0 Å². The zero-order valence-corrected chi connectivity index (χ0v) is 9.86. The normalized spacial score (nSPS) is 13.0. The minimum atomic E-state index is 0.199. The zero-order chi connectivity index (χ0) is 11.1. The molecule has 1 unspecified atom stereocenters. The Morgan fingerprint density at radius 2 is 2.27 bits per heavy atom. The number of nitrogens with zero attached hydrogens (tertiary/aromatic N) is 2. The minimum absolute atomic E-state index is 0.199. The maximum atomic E-state index is 5.46. The van der Waals surface area contributed by atoms with Crippen LogP contribution in [0.4, 0.5) is 0 Å². The highest BCUT2D eigenvalue weighted by atomic mass is 16.5. The lowest BCUT2D eigenvalue weighted by Crippen LogP contribution is -2.28. The van der Waals surface area contributed by atoms with Crippen molar-refractivity contribution in [2.75, 3.05) is 19.8 Å². The van der Waals surface area contributed by atoms with Crippen LogP contribution in [0.25, 0.3) is 0 Å². The van der Waals surface area contributed by atoms with E-state index in [4.69, 9.17) is 4.74 Å². The number of aryl methyl sites for hydroxylation is 1. The second-order valence-electron chi connectivity index (χ2n) is 3.34. The predicted octanol–water partition coefficient (Wildman–Crippen LogP) is 1.59. The number of likely N-dealkylation sites (N-methyl/N-ethyl adjacent to an activating group) is 1. The van der Waals surface area contributed by atoms with Crippen LogP contribution in [0, 0.1) is 0 Å². The molecule has 0 saturated heterocycles. The standard InChI is InChI=1S/C11H21N3O/c1-4-12-10(9-15-6-3)11-13-7-8-14(11)5-2/h7-8,10,12H,4-6,9H2,1-3H3. The molecule has 0 bridgehead atoms. The van der Waals surface area contributed by atoms with Gasteiger partial charge < -0.3 is 14.6 Å². The van der Waals surface area contributed by atoms with Crippen molar-refractivity contribution in [2.45, 2.75) is 33.4 Å². The van der Waals surface area contributed by atoms with Crippen LogP contribution in [0.1, 0.15) is 32.6 Å². The molecule has 15 heavy (non-hydrogen) atoms. The Kier molecular flexibility index (Phi) is 5.36. The number of rotatable bonds is 7. The third-order valence-corrected chi connectivity index (χ3v) is 2.34. The number of hydrogen-bond acceptors (Lipinski definition) is 3. The van der Waals surface area contributed by atoms with Gasteiger partial charge in [-0.2, -0.15) is 0 Å². The molecule has 0 aromatic carbocycles. The van der Waals surface area contributed by atoms with Gasteiger partial charge in [-0.3, -0.25) is 0 Å². The van der Waals surface area contributed by atoms with Crippen molar-refractivity contribution in [3.63, 3.8) is 0 Å². The number of hydrogen-bond donors (Lipinski definition) is 1. The molecule has 86 valence electrons. The summed E-state index contributed by atoms with van der Waals surface area (Å²) in [5, 5.41) is 3.39. The van der Waals surface area contributed by atoms with E-state index in [-0.39, 0.29) is 6.04 Å². The van der Waals surface area contributed by atoms with Crippen molar-refractivity contribution in [1.29, 1.82) is 0 Å². The molecule has 1 heterocycles. The van der Waals surface area contributed by atoms with Crippen molar-refractivity contribution < 1.29 is 4.74 Å². The number of imidazole rings is 1. The molecular formula is C11H21N3O. The first-order valence-corrected chi connectivity index (χ1v) is 5.65. The minimum Gasteiger partial charge on any atom is -0.380 e. The van der Waals surface area contributed by atoms with Crippen LogP contribution in [0.3, 0.4) is 0 Å². The van der Waals surface area contributed by atoms with E-state index in [0.717, 1.165) is 25.5 Å². The molecule has 1 aromatic rings. The highest BCUT2D eigenvalue weighted by Gasteiger charge is 2.15. The summed E-state index contributed by atoms with van der Waals surface area (Å²) in [4.78, 5) is 4.38. The number of aromatic nitrogens is 2. The number of ether oxygens (including phenoxy) is 1. The van der Waals surface area contributed by atoms with E-state index < -0.39 is 0 Å². The van der Waals surface area contributed by atoms with Gasteiger partial charge in [-0.15, -0.1) is 0 Å². The Labute approximate surface area is 91.7 Å². The molecule has 1 rings (SSSR count). The summed E-state index contributed by atoms with van der Waals surface area (Å²) in [6.07, 6.45) is 3.85. The predicted molar refractivity (Wildman–Crippen MR) is 60.8 cm³/mol. The molecule has 1 atom stereocenters. The van der Waals surface area contributed by atoms with Gasteiger partial charge in [0.25, 0.3) is 0 Å². The third-order valence-electron chi connectivity index (χ3n) is 2.34. The van der Waals surface area contributed by atoms with Crippen LogP contribution < -0.4 is 5.32 Å². The van der Waals surface area contributed by atoms with Crippen LogP contribution in [0.15, 0.2) is 12.4 Å². The first-order valence-electron chi connectivity index (χ1n) is 5.65. The lowest BCUT2D eigenvalue weighted by molar-refractivity contribution is 0.120. The molecule has 0 aliphatic carbocycles. The van der Waals surface area contributed by atoms with Crippen molar-refractivity contribution in [2.24, 2.45) is 0 Å². The fraction of sp³-hybridized carbons (Fsp3) is 0.727. The lowest BCUT2D eigenvalue weighted by atomic mass is 10.3. The molecular weight excluding hydrogens is 190 g/mol. The Morgan fingerprint density at radius 3 is 2.87 bits per heavy atom. The summed E-state index contributed by atoms with van der Waals surface area (Å²) < 4.78 is 7.60. The first-order chi connectivity index (χ1) is 7.33. The summed E-state index contributed by atoms with van der Waals surface area (Å²) in [5.74, 6) is 1.06. The Balaban J connectivity index is 2.69. The average Bonchev–Trinajstić information content (AvgIpc) is 2.72. The second-order valence-corrected chi connectivity index (χ2v) is 3.34. The molecule has 0 fully saturated rings. The van der Waals surface area contributed by atoms with E-state index >= 15 is 0 Å². The third kappa shape index (κ3) is 3.32. The summed E-state index contributed by atoms with van der Waals surface area (Å²) in [7, 11) is 0. The fourth-order valence-corrected chi connectivity index (χ4v) is 1.61. The Bertz CT molecular complexity index is 273. The van der Waals surface area contributed by atoms with Crippen LogP contribution in [0.5, 0.6) is 0 Å². The van der Waals surface area contributed by atoms with Crippen molar-refractivity contribution in [1.82, 2.24) is 14.9 Å². The van der Waals surface area contributed by atoms with Gasteiger partial charge in [0.05, 0.1) is 12.6 Å². The maximum Gasteiger partial charge on any atom is 0.128 e. The smallest absolute Gasteiger partial charge is 0.128 e. The van der Waals surface area contributed by atoms with E-state index in [0.29, 0.717) is 6.61 Å². The quantitative estimate of drug-likeness (QED) is 0.744. The van der Waals surface area contributed by atoms with Gasteiger partial charge in [0.1, 0.15) is 5.82 Å². The molecule has 0 saturated carbocycles. The van der Waals surface area contributed by atoms with Gasteiger partial charge in [-0.05, 0) is 20.4 Å². The van der Waals surface area contributed by atoms with E-state index in [1.807, 2.05) is 19.3 Å². The second kappa shape index (κ2) is 6.58. The van der Waals surface area contributed by atoms with Gasteiger partial charge in [-0.25, -0.2) is 4.98 Å². The SMILES string of the molecule is CCNC(COCC)c1nccn1CC. The van der Waals surface area contributed by atoms with Crippen LogP contribution in [-0.2, 0) is 11.3 Å². The molecule has 0 amide bonds. The number of nitrogens with one attached hydrogen (secondary N) is 1. The highest BCUT2D eigenvalue weighted by molar-refractivity contribution is 4.99. The van der Waals surface area contributed by atoms with Gasteiger partial charge in [0.2, 0.25) is 0 Å². The van der Waals surface area contributed by atoms with Crippen LogP contribution in [0.2, 0.25) is 0 Å². The topological polar surface area (TPSA) is 39.1 Å². The van der Waals surface area contributed by atoms with E-state index in [2.05, 4.69) is 28.7 Å². The van der Waals surface area contributed by atoms with E-state index in [1.54, 1.807) is 0 Å². The van der Waals surface area contributed by atoms with Gasteiger partial charge in [0, 0.05) is 25.5 Å². The molecule has 0 spiro atoms. The van der Waals surface area contributed by atoms with Gasteiger partial charge >= 0.3 is 0 Å². The average molecular weight is 211 g/mol. The molecule has 1 aromatic heterocycles. The summed E-state index contributed by atoms with van der Waals surface area (Å²) >= 11 is 0. The maximum absolute atomic E-state index is 5.46. The zero-order valence-electron chi connectivity index (χ0n) is 9.86. The van der Waals surface area contributed by atoms with E-state index in [9.17, 15) is 0 Å². The summed E-state index contributed by atoms with van der Waals surface area (Å²) in [6, 6.07) is 0.199. The fourth-order valence-electron chi connectivity index (χ4n) is 1.61. The molecule has 0 aliphatic heterocycles. The molecule has 4 nitrogen and oxygen atoms in total. The summed E-state index contributed by atoms with van der Waals surface area (Å²) in [5.41, 5.74) is 0. The van der Waals surface area contributed by atoms with Crippen molar-refractivity contribution in [3.8, 4) is 0 Å². The summed E-state index contributed by atoms with van der Waals surface area (Å²) in [6.45, 7) is 9.52. The van der Waals surface area contributed by atoms with Gasteiger partial charge in [0.15, 0.2) is 0 Å². The Morgan fingerprint density at radius 1 is 1.47 bits per heavy atom.